The molecule has 0 saturated heterocycles. The summed E-state index contributed by atoms with van der Waals surface area (Å²) in [6.07, 6.45) is -22.3. The van der Waals surface area contributed by atoms with E-state index in [9.17, 15) is 48.3 Å². The molecule has 0 spiro atoms. The van der Waals surface area contributed by atoms with Gasteiger partial charge in [-0.3, -0.25) is 0 Å². The van der Waals surface area contributed by atoms with Gasteiger partial charge in [0.05, 0.1) is 5.92 Å². The Balaban J connectivity index is 5.59. The van der Waals surface area contributed by atoms with Crippen molar-refractivity contribution in [2.75, 3.05) is 0 Å². The van der Waals surface area contributed by atoms with E-state index in [1.165, 1.54) is 0 Å². The Kier molecular flexibility index (Phi) is 5.05. The maximum atomic E-state index is 13.0. The Morgan fingerprint density at radius 1 is 0.737 bits per heavy atom. The van der Waals surface area contributed by atoms with Crippen molar-refractivity contribution in [1.29, 1.82) is 0 Å². The summed E-state index contributed by atoms with van der Waals surface area (Å²) in [5.41, 5.74) is -9.60. The molecule has 0 aliphatic carbocycles. The van der Waals surface area contributed by atoms with Crippen LogP contribution in [0, 0.1) is 5.92 Å². The maximum absolute atomic E-state index is 13.0. The number of hydrogen-bond acceptors (Lipinski definition) is 1. The van der Waals surface area contributed by atoms with Gasteiger partial charge in [-0.15, -0.1) is 12.6 Å². The molecule has 0 aromatic carbocycles. The normalized spacial score (nSPS) is 18.3. The average Bonchev–Trinajstić information content (AvgIpc) is 2.07. The van der Waals surface area contributed by atoms with Crippen LogP contribution in [0.3, 0.4) is 0 Å². The minimum Gasteiger partial charge on any atom is -0.235 e. The summed E-state index contributed by atoms with van der Waals surface area (Å²) in [5.74, 6) is -3.86. The lowest BCUT2D eigenvalue weighted by Gasteiger charge is -2.33. The summed E-state index contributed by atoms with van der Waals surface area (Å²) in [6.45, 7) is 0. The third-order valence-corrected chi connectivity index (χ3v) is 2.51. The van der Waals surface area contributed by atoms with E-state index in [0.717, 1.165) is 0 Å². The molecule has 0 nitrogen and oxygen atoms in total. The first-order valence-electron chi connectivity index (χ1n) is 4.25. The number of halogens is 11. The molecule has 0 aliphatic rings. The molecule has 0 heterocycles. The van der Waals surface area contributed by atoms with Crippen LogP contribution in [-0.2, 0) is 0 Å². The van der Waals surface area contributed by atoms with E-state index in [2.05, 4.69) is 12.6 Å². The third-order valence-electron chi connectivity index (χ3n) is 2.15. The minimum atomic E-state index is -6.67. The molecule has 2 unspecified atom stereocenters. The minimum absolute atomic E-state index is 2.50. The highest BCUT2D eigenvalue weighted by Gasteiger charge is 2.74. The Bertz CT molecular complexity index is 284. The number of thiol groups is 1. The largest absolute Gasteiger partial charge is 0.431 e. The van der Waals surface area contributed by atoms with E-state index in [1.54, 1.807) is 0 Å². The van der Waals surface area contributed by atoms with Crippen molar-refractivity contribution in [2.45, 2.75) is 36.1 Å². The van der Waals surface area contributed by atoms with Gasteiger partial charge in [-0.05, 0) is 0 Å². The van der Waals surface area contributed by atoms with Crippen LogP contribution >= 0.6 is 12.6 Å². The SMILES string of the molecule is FC(S)C(CC(F)(C(F)(F)F)C(F)(F)F)C(F)(F)F. The molecule has 19 heavy (non-hydrogen) atoms. The van der Waals surface area contributed by atoms with Crippen LogP contribution in [-0.4, -0.2) is 29.7 Å². The van der Waals surface area contributed by atoms with Gasteiger partial charge in [0.25, 0.3) is 5.67 Å². The first kappa shape index (κ1) is 18.6. The standard InChI is InChI=1S/C7H5F11S/c8-3(19)2(5(10,11)12)1-4(9,6(13,14)15)7(16,17)18/h2-3,19H,1H2. The quantitative estimate of drug-likeness (QED) is 0.567. The fraction of sp³-hybridized carbons (Fsp3) is 1.00. The van der Waals surface area contributed by atoms with Crippen LogP contribution in [0.1, 0.15) is 6.42 Å². The van der Waals surface area contributed by atoms with Gasteiger partial charge < -0.3 is 0 Å². The molecule has 0 aromatic heterocycles. The summed E-state index contributed by atoms with van der Waals surface area (Å²) in [4.78, 5) is 0. The van der Waals surface area contributed by atoms with Crippen molar-refractivity contribution in [3.8, 4) is 0 Å². The third kappa shape index (κ3) is 4.02. The zero-order valence-corrected chi connectivity index (χ0v) is 9.36. The van der Waals surface area contributed by atoms with Crippen LogP contribution < -0.4 is 0 Å². The molecule has 116 valence electrons. The summed E-state index contributed by atoms with van der Waals surface area (Å²) in [6, 6.07) is 0. The topological polar surface area (TPSA) is 0 Å². The van der Waals surface area contributed by atoms with Gasteiger partial charge in [-0.1, -0.05) is 0 Å². The van der Waals surface area contributed by atoms with Gasteiger partial charge in [0.2, 0.25) is 0 Å². The molecule has 12 heteroatoms. The fourth-order valence-electron chi connectivity index (χ4n) is 1.06. The van der Waals surface area contributed by atoms with Gasteiger partial charge in [-0.2, -0.15) is 39.5 Å². The molecule has 2 atom stereocenters. The van der Waals surface area contributed by atoms with Gasteiger partial charge in [0.15, 0.2) is 5.50 Å². The van der Waals surface area contributed by atoms with E-state index < -0.39 is 42.0 Å². The summed E-state index contributed by atoms with van der Waals surface area (Å²) < 4.78 is 134. The van der Waals surface area contributed by atoms with Crippen LogP contribution in [0.4, 0.5) is 48.3 Å². The van der Waals surface area contributed by atoms with Crippen LogP contribution in [0.25, 0.3) is 0 Å². The van der Waals surface area contributed by atoms with Crippen LogP contribution in [0.5, 0.6) is 0 Å². The van der Waals surface area contributed by atoms with Crippen molar-refractivity contribution in [3.63, 3.8) is 0 Å². The lowest BCUT2D eigenvalue weighted by Crippen LogP contribution is -2.56. The Labute approximate surface area is 104 Å². The highest BCUT2D eigenvalue weighted by molar-refractivity contribution is 7.80. The lowest BCUT2D eigenvalue weighted by molar-refractivity contribution is -0.352. The van der Waals surface area contributed by atoms with Gasteiger partial charge in [0.1, 0.15) is 0 Å². The fourth-order valence-corrected chi connectivity index (χ4v) is 1.34. The van der Waals surface area contributed by atoms with Crippen molar-refractivity contribution in [1.82, 2.24) is 0 Å². The van der Waals surface area contributed by atoms with Gasteiger partial charge in [-0.25, -0.2) is 8.78 Å². The van der Waals surface area contributed by atoms with E-state index in [0.29, 0.717) is 0 Å². The molecule has 0 saturated carbocycles. The second-order valence-electron chi connectivity index (χ2n) is 3.52. The monoisotopic (exact) mass is 330 g/mol. The molecule has 0 aliphatic heterocycles. The lowest BCUT2D eigenvalue weighted by atomic mass is 9.90. The van der Waals surface area contributed by atoms with E-state index in [-0.39, 0.29) is 0 Å². The highest BCUT2D eigenvalue weighted by Crippen LogP contribution is 2.52. The van der Waals surface area contributed by atoms with Gasteiger partial charge >= 0.3 is 18.5 Å². The summed E-state index contributed by atoms with van der Waals surface area (Å²) >= 11 is 2.50. The average molecular weight is 330 g/mol. The molecular weight excluding hydrogens is 325 g/mol. The first-order valence-corrected chi connectivity index (χ1v) is 4.77. The Morgan fingerprint density at radius 3 is 1.21 bits per heavy atom. The second kappa shape index (κ2) is 5.17. The Hall–Kier alpha value is -0.420. The first-order chi connectivity index (χ1) is 8.04. The second-order valence-corrected chi connectivity index (χ2v) is 4.01. The molecule has 0 aromatic rings. The number of hydrogen-bond donors (Lipinski definition) is 1. The van der Waals surface area contributed by atoms with Crippen molar-refractivity contribution in [3.05, 3.63) is 0 Å². The number of alkyl halides is 11. The summed E-state index contributed by atoms with van der Waals surface area (Å²) in [5, 5.41) is 0. The maximum Gasteiger partial charge on any atom is 0.431 e. The molecule has 0 rings (SSSR count). The molecule has 0 N–H and O–H groups in total. The predicted octanol–water partition coefficient (Wildman–Crippen LogP) is 4.61. The van der Waals surface area contributed by atoms with Crippen molar-refractivity contribution in [2.24, 2.45) is 5.92 Å². The summed E-state index contributed by atoms with van der Waals surface area (Å²) in [7, 11) is 0. The van der Waals surface area contributed by atoms with Crippen LogP contribution in [0.15, 0.2) is 0 Å². The van der Waals surface area contributed by atoms with E-state index >= 15 is 0 Å². The van der Waals surface area contributed by atoms with Crippen LogP contribution in [0.2, 0.25) is 0 Å². The van der Waals surface area contributed by atoms with Crippen molar-refractivity contribution < 1.29 is 48.3 Å². The molecule has 0 fully saturated rings. The highest BCUT2D eigenvalue weighted by atomic mass is 32.1. The smallest absolute Gasteiger partial charge is 0.235 e. The predicted molar refractivity (Wildman–Crippen MR) is 44.0 cm³/mol. The van der Waals surface area contributed by atoms with Crippen molar-refractivity contribution >= 4 is 12.6 Å². The van der Waals surface area contributed by atoms with E-state index in [1.807, 2.05) is 0 Å². The molecule has 0 radical (unpaired) electrons. The molecule has 0 bridgehead atoms. The number of rotatable bonds is 3. The zero-order chi connectivity index (χ0) is 15.9. The molecular formula is C7H5F11S. The van der Waals surface area contributed by atoms with E-state index in [4.69, 9.17) is 0 Å². The Morgan fingerprint density at radius 2 is 1.05 bits per heavy atom. The zero-order valence-electron chi connectivity index (χ0n) is 8.47. The molecule has 0 amide bonds. The van der Waals surface area contributed by atoms with Gasteiger partial charge in [0, 0.05) is 6.42 Å².